The van der Waals surface area contributed by atoms with Crippen molar-refractivity contribution in [2.24, 2.45) is 0 Å². The number of aliphatic carboxylic acids is 1. The Hall–Kier alpha value is -1.77. The van der Waals surface area contributed by atoms with Crippen molar-refractivity contribution in [2.75, 3.05) is 6.61 Å². The second-order valence-electron chi connectivity index (χ2n) is 5.57. The first-order valence-electron chi connectivity index (χ1n) is 8.33. The molecule has 1 rings (SSSR count). The highest BCUT2D eigenvalue weighted by Gasteiger charge is 1.97. The monoisotopic (exact) mass is 304 g/mol. The summed E-state index contributed by atoms with van der Waals surface area (Å²) in [7, 11) is 0. The molecule has 0 aliphatic carbocycles. The maximum absolute atomic E-state index is 10.3. The first kappa shape index (κ1) is 18.3. The van der Waals surface area contributed by atoms with Gasteiger partial charge in [-0.25, -0.2) is 4.79 Å². The maximum Gasteiger partial charge on any atom is 0.328 e. The van der Waals surface area contributed by atoms with Crippen molar-refractivity contribution in [3.8, 4) is 5.75 Å². The second kappa shape index (κ2) is 11.8. The SMILES string of the molecule is CCCCCCCCCc1ccc(OC/C=C\C(=O)O)cc1. The van der Waals surface area contributed by atoms with Crippen LogP contribution >= 0.6 is 0 Å². The summed E-state index contributed by atoms with van der Waals surface area (Å²) >= 11 is 0. The molecule has 0 spiro atoms. The Morgan fingerprint density at radius 3 is 2.32 bits per heavy atom. The third-order valence-electron chi connectivity index (χ3n) is 3.60. The number of hydrogen-bond donors (Lipinski definition) is 1. The van der Waals surface area contributed by atoms with Crippen molar-refractivity contribution in [2.45, 2.75) is 58.3 Å². The second-order valence-corrected chi connectivity index (χ2v) is 5.57. The Morgan fingerprint density at radius 1 is 1.05 bits per heavy atom. The molecule has 0 unspecified atom stereocenters. The molecule has 0 amide bonds. The minimum absolute atomic E-state index is 0.281. The molecule has 0 saturated carbocycles. The zero-order valence-electron chi connectivity index (χ0n) is 13.6. The molecule has 0 radical (unpaired) electrons. The number of benzene rings is 1. The van der Waals surface area contributed by atoms with Gasteiger partial charge in [-0.3, -0.25) is 0 Å². The lowest BCUT2D eigenvalue weighted by atomic mass is 10.0. The van der Waals surface area contributed by atoms with Crippen LogP contribution < -0.4 is 4.74 Å². The lowest BCUT2D eigenvalue weighted by molar-refractivity contribution is -0.131. The summed E-state index contributed by atoms with van der Waals surface area (Å²) < 4.78 is 5.44. The van der Waals surface area contributed by atoms with Crippen LogP contribution in [-0.2, 0) is 11.2 Å². The van der Waals surface area contributed by atoms with Crippen LogP contribution in [0.25, 0.3) is 0 Å². The molecular formula is C19H28O3. The van der Waals surface area contributed by atoms with E-state index in [9.17, 15) is 4.79 Å². The van der Waals surface area contributed by atoms with Gasteiger partial charge in [0.1, 0.15) is 12.4 Å². The summed E-state index contributed by atoms with van der Waals surface area (Å²) in [5.41, 5.74) is 1.34. The fourth-order valence-corrected chi connectivity index (χ4v) is 2.33. The van der Waals surface area contributed by atoms with Gasteiger partial charge in [0.15, 0.2) is 0 Å². The standard InChI is InChI=1S/C19H28O3/c1-2-3-4-5-6-7-8-10-17-12-14-18(15-13-17)22-16-9-11-19(20)21/h9,11-15H,2-8,10,16H2,1H3,(H,20,21)/b11-9-. The molecule has 0 fully saturated rings. The minimum atomic E-state index is -0.950. The van der Waals surface area contributed by atoms with E-state index in [1.165, 1.54) is 56.6 Å². The van der Waals surface area contributed by atoms with Crippen molar-refractivity contribution < 1.29 is 14.6 Å². The molecule has 0 heterocycles. The predicted molar refractivity (Wildman–Crippen MR) is 90.4 cm³/mol. The van der Waals surface area contributed by atoms with Crippen LogP contribution in [0.4, 0.5) is 0 Å². The van der Waals surface area contributed by atoms with Crippen molar-refractivity contribution in [1.29, 1.82) is 0 Å². The van der Waals surface area contributed by atoms with E-state index >= 15 is 0 Å². The molecule has 0 bridgehead atoms. The highest BCUT2D eigenvalue weighted by atomic mass is 16.5. The van der Waals surface area contributed by atoms with Crippen LogP contribution in [0.1, 0.15) is 57.4 Å². The van der Waals surface area contributed by atoms with E-state index in [1.807, 2.05) is 12.1 Å². The average Bonchev–Trinajstić information content (AvgIpc) is 2.52. The summed E-state index contributed by atoms with van der Waals surface area (Å²) in [6, 6.07) is 8.08. The summed E-state index contributed by atoms with van der Waals surface area (Å²) in [5, 5.41) is 8.47. The normalized spacial score (nSPS) is 11.0. The Labute approximate surface area is 134 Å². The lowest BCUT2D eigenvalue weighted by Gasteiger charge is -2.05. The Balaban J connectivity index is 2.15. The summed E-state index contributed by atoms with van der Waals surface area (Å²) in [6.07, 6.45) is 13.0. The molecule has 0 atom stereocenters. The number of carbonyl (C=O) groups is 1. The van der Waals surface area contributed by atoms with Gasteiger partial charge >= 0.3 is 5.97 Å². The average molecular weight is 304 g/mol. The topological polar surface area (TPSA) is 46.5 Å². The number of rotatable bonds is 12. The van der Waals surface area contributed by atoms with Crippen LogP contribution in [0.2, 0.25) is 0 Å². The van der Waals surface area contributed by atoms with E-state index in [4.69, 9.17) is 9.84 Å². The molecule has 22 heavy (non-hydrogen) atoms. The number of aryl methyl sites for hydroxylation is 1. The minimum Gasteiger partial charge on any atom is -0.490 e. The zero-order valence-corrected chi connectivity index (χ0v) is 13.6. The van der Waals surface area contributed by atoms with Gasteiger partial charge in [0, 0.05) is 6.08 Å². The van der Waals surface area contributed by atoms with Gasteiger partial charge in [-0.15, -0.1) is 0 Å². The first-order valence-corrected chi connectivity index (χ1v) is 8.33. The zero-order chi connectivity index (χ0) is 16.0. The molecule has 0 saturated heterocycles. The third-order valence-corrected chi connectivity index (χ3v) is 3.60. The van der Waals surface area contributed by atoms with Gasteiger partial charge in [-0.05, 0) is 36.6 Å². The number of carboxylic acid groups (broad SMARTS) is 1. The molecule has 1 N–H and O–H groups in total. The lowest BCUT2D eigenvalue weighted by Crippen LogP contribution is -1.96. The van der Waals surface area contributed by atoms with E-state index in [1.54, 1.807) is 0 Å². The van der Waals surface area contributed by atoms with Gasteiger partial charge in [-0.1, -0.05) is 57.6 Å². The smallest absolute Gasteiger partial charge is 0.328 e. The predicted octanol–water partition coefficient (Wildman–Crippen LogP) is 5.00. The summed E-state index contributed by atoms with van der Waals surface area (Å²) in [4.78, 5) is 10.3. The van der Waals surface area contributed by atoms with Crippen LogP contribution in [0.3, 0.4) is 0 Å². The Kier molecular flexibility index (Phi) is 9.84. The number of carboxylic acids is 1. The van der Waals surface area contributed by atoms with Crippen molar-refractivity contribution in [3.05, 3.63) is 42.0 Å². The maximum atomic E-state index is 10.3. The van der Waals surface area contributed by atoms with Gasteiger partial charge in [0.05, 0.1) is 0 Å². The van der Waals surface area contributed by atoms with Gasteiger partial charge < -0.3 is 9.84 Å². The van der Waals surface area contributed by atoms with E-state index in [-0.39, 0.29) is 6.61 Å². The van der Waals surface area contributed by atoms with Gasteiger partial charge in [0.2, 0.25) is 0 Å². The third kappa shape index (κ3) is 9.22. The molecule has 122 valence electrons. The highest BCUT2D eigenvalue weighted by molar-refractivity contribution is 5.79. The van der Waals surface area contributed by atoms with Crippen LogP contribution in [0.15, 0.2) is 36.4 Å². The van der Waals surface area contributed by atoms with E-state index in [0.717, 1.165) is 18.2 Å². The van der Waals surface area contributed by atoms with Crippen molar-refractivity contribution >= 4 is 5.97 Å². The van der Waals surface area contributed by atoms with Crippen molar-refractivity contribution in [3.63, 3.8) is 0 Å². The Morgan fingerprint density at radius 2 is 1.68 bits per heavy atom. The quantitative estimate of drug-likeness (QED) is 0.436. The highest BCUT2D eigenvalue weighted by Crippen LogP contribution is 2.15. The fourth-order valence-electron chi connectivity index (χ4n) is 2.33. The van der Waals surface area contributed by atoms with Gasteiger partial charge in [-0.2, -0.15) is 0 Å². The molecule has 3 heteroatoms. The summed E-state index contributed by atoms with van der Waals surface area (Å²) in [5.74, 6) is -0.174. The summed E-state index contributed by atoms with van der Waals surface area (Å²) in [6.45, 7) is 2.53. The van der Waals surface area contributed by atoms with Gasteiger partial charge in [0.25, 0.3) is 0 Å². The largest absolute Gasteiger partial charge is 0.490 e. The van der Waals surface area contributed by atoms with Crippen molar-refractivity contribution in [1.82, 2.24) is 0 Å². The van der Waals surface area contributed by atoms with E-state index < -0.39 is 5.97 Å². The molecule has 0 aromatic heterocycles. The molecule has 0 aliphatic heterocycles. The molecule has 0 aliphatic rings. The fraction of sp³-hybridized carbons (Fsp3) is 0.526. The van der Waals surface area contributed by atoms with E-state index in [0.29, 0.717) is 0 Å². The Bertz CT molecular complexity index is 434. The van der Waals surface area contributed by atoms with Crippen LogP contribution in [-0.4, -0.2) is 17.7 Å². The number of ether oxygens (including phenoxy) is 1. The van der Waals surface area contributed by atoms with E-state index in [2.05, 4.69) is 19.1 Å². The molecule has 3 nitrogen and oxygen atoms in total. The number of hydrogen-bond acceptors (Lipinski definition) is 2. The van der Waals surface area contributed by atoms with Crippen LogP contribution in [0.5, 0.6) is 5.75 Å². The molecule has 1 aromatic rings. The number of unbranched alkanes of at least 4 members (excludes halogenated alkanes) is 6. The molecular weight excluding hydrogens is 276 g/mol. The van der Waals surface area contributed by atoms with Crippen LogP contribution in [0, 0.1) is 0 Å². The first-order chi connectivity index (χ1) is 10.7. The molecule has 1 aromatic carbocycles.